The van der Waals surface area contributed by atoms with E-state index >= 15 is 0 Å². The van der Waals surface area contributed by atoms with Crippen molar-refractivity contribution >= 4 is 24.9 Å². The number of hydrazine groups is 1. The largest absolute Gasteiger partial charge is 0.493 e. The van der Waals surface area contributed by atoms with Crippen LogP contribution in [-0.2, 0) is 10.1 Å². The number of halogens is 1. The first kappa shape index (κ1) is 18.0. The predicted octanol–water partition coefficient (Wildman–Crippen LogP) is 3.83. The maximum absolute atomic E-state index is 12.2. The fraction of sp³-hybridized carbons (Fsp3) is 0.176. The molecule has 1 atom stereocenters. The van der Waals surface area contributed by atoms with Crippen molar-refractivity contribution in [2.45, 2.75) is 12.5 Å². The van der Waals surface area contributed by atoms with Gasteiger partial charge in [-0.3, -0.25) is 4.57 Å². The summed E-state index contributed by atoms with van der Waals surface area (Å²) in [6, 6.07) is 15.6. The highest BCUT2D eigenvalue weighted by atomic mass is 35.5. The molecule has 2 aromatic carbocycles. The Labute approximate surface area is 150 Å². The van der Waals surface area contributed by atoms with Gasteiger partial charge in [-0.05, 0) is 36.8 Å². The van der Waals surface area contributed by atoms with Crippen molar-refractivity contribution in [1.82, 2.24) is 5.01 Å². The van der Waals surface area contributed by atoms with Gasteiger partial charge < -0.3 is 14.9 Å². The molecule has 1 heterocycles. The second kappa shape index (κ2) is 6.16. The second-order valence-corrected chi connectivity index (χ2v) is 7.94. The number of likely N-dealkylation sites (N-methyl/N-ethyl adjacent to an activating group) is 1. The maximum Gasteiger partial charge on any atom is 0.359 e. The molecule has 0 bridgehead atoms. The molecule has 1 aliphatic rings. The highest BCUT2D eigenvalue weighted by molar-refractivity contribution is 7.56. The van der Waals surface area contributed by atoms with Crippen LogP contribution in [0.3, 0.4) is 0 Å². The van der Waals surface area contributed by atoms with Crippen molar-refractivity contribution in [1.29, 1.82) is 0 Å². The highest BCUT2D eigenvalue weighted by Gasteiger charge is 2.54. The molecule has 0 aromatic heterocycles. The predicted molar refractivity (Wildman–Crippen MR) is 97.2 cm³/mol. The second-order valence-electron chi connectivity index (χ2n) is 5.97. The summed E-state index contributed by atoms with van der Waals surface area (Å²) in [4.78, 5) is 19.9. The number of hydrogen-bond donors (Lipinski definition) is 3. The Morgan fingerprint density at radius 2 is 1.60 bits per heavy atom. The quantitative estimate of drug-likeness (QED) is 0.702. The van der Waals surface area contributed by atoms with Crippen LogP contribution in [-0.4, -0.2) is 26.9 Å². The summed E-state index contributed by atoms with van der Waals surface area (Å²) >= 11 is 5.91. The highest BCUT2D eigenvalue weighted by Crippen LogP contribution is 2.60. The molecular formula is C17H18ClN2O4P. The third kappa shape index (κ3) is 2.86. The van der Waals surface area contributed by atoms with Gasteiger partial charge in [-0.25, -0.2) is 10.0 Å². The van der Waals surface area contributed by atoms with Crippen LogP contribution in [0, 0.1) is 0 Å². The van der Waals surface area contributed by atoms with Crippen LogP contribution in [0.15, 0.2) is 65.8 Å². The van der Waals surface area contributed by atoms with E-state index < -0.39 is 19.0 Å². The normalized spacial score (nSPS) is 21.9. The molecule has 0 saturated heterocycles. The summed E-state index contributed by atoms with van der Waals surface area (Å²) in [7, 11) is -3.07. The van der Waals surface area contributed by atoms with Gasteiger partial charge in [0.15, 0.2) is 0 Å². The Balaban J connectivity index is 2.24. The lowest BCUT2D eigenvalue weighted by Gasteiger charge is -2.38. The van der Waals surface area contributed by atoms with E-state index in [-0.39, 0.29) is 5.31 Å². The zero-order valence-corrected chi connectivity index (χ0v) is 15.3. The Morgan fingerprint density at radius 1 is 1.04 bits per heavy atom. The number of aliphatic hydroxyl groups is 1. The molecule has 132 valence electrons. The molecule has 0 aliphatic carbocycles. The summed E-state index contributed by atoms with van der Waals surface area (Å²) in [5.74, 6) is -0.482. The van der Waals surface area contributed by atoms with Crippen molar-refractivity contribution in [2.75, 3.05) is 12.1 Å². The number of aliphatic hydroxyl groups excluding tert-OH is 1. The van der Waals surface area contributed by atoms with E-state index in [2.05, 4.69) is 0 Å². The van der Waals surface area contributed by atoms with Crippen molar-refractivity contribution in [2.24, 2.45) is 0 Å². The summed E-state index contributed by atoms with van der Waals surface area (Å²) in [6.07, 6.45) is 0. The van der Waals surface area contributed by atoms with Crippen molar-refractivity contribution in [3.05, 3.63) is 76.4 Å². The molecule has 0 spiro atoms. The first-order valence-electron chi connectivity index (χ1n) is 7.52. The molecule has 25 heavy (non-hydrogen) atoms. The number of rotatable bonds is 3. The van der Waals surface area contributed by atoms with Crippen LogP contribution in [0.2, 0.25) is 5.02 Å². The van der Waals surface area contributed by atoms with Gasteiger partial charge in [-0.1, -0.05) is 41.9 Å². The van der Waals surface area contributed by atoms with E-state index in [1.807, 2.05) is 6.07 Å². The number of benzene rings is 2. The molecule has 0 saturated carbocycles. The zero-order chi connectivity index (χ0) is 18.4. The number of hydrogen-bond acceptors (Lipinski definition) is 4. The topological polar surface area (TPSA) is 84.2 Å². The minimum Gasteiger partial charge on any atom is -0.493 e. The fourth-order valence-corrected chi connectivity index (χ4v) is 4.51. The molecule has 8 heteroatoms. The lowest BCUT2D eigenvalue weighted by atomic mass is 9.92. The molecule has 1 unspecified atom stereocenters. The van der Waals surface area contributed by atoms with Gasteiger partial charge in [0, 0.05) is 12.1 Å². The van der Waals surface area contributed by atoms with Crippen LogP contribution in [0.1, 0.15) is 12.5 Å². The van der Waals surface area contributed by atoms with Gasteiger partial charge in [0.1, 0.15) is 10.9 Å². The Bertz CT molecular complexity index is 866. The molecule has 1 aliphatic heterocycles. The maximum atomic E-state index is 12.2. The first-order chi connectivity index (χ1) is 11.7. The molecule has 2 aromatic rings. The molecule has 6 nitrogen and oxygen atoms in total. The average molecular weight is 381 g/mol. The minimum atomic E-state index is -4.74. The van der Waals surface area contributed by atoms with E-state index in [1.165, 1.54) is 5.01 Å². The van der Waals surface area contributed by atoms with Gasteiger partial charge in [0.2, 0.25) is 5.88 Å². The molecular weight excluding hydrogens is 363 g/mol. The lowest BCUT2D eigenvalue weighted by molar-refractivity contribution is 0.186. The van der Waals surface area contributed by atoms with Crippen molar-refractivity contribution in [3.63, 3.8) is 0 Å². The minimum absolute atomic E-state index is 0.344. The fourth-order valence-electron chi connectivity index (χ4n) is 3.19. The smallest absolute Gasteiger partial charge is 0.359 e. The van der Waals surface area contributed by atoms with Gasteiger partial charge >= 0.3 is 7.60 Å². The van der Waals surface area contributed by atoms with E-state index in [1.54, 1.807) is 67.5 Å². The van der Waals surface area contributed by atoms with Gasteiger partial charge in [-0.2, -0.15) is 0 Å². The molecule has 0 radical (unpaired) electrons. The van der Waals surface area contributed by atoms with Gasteiger partial charge in [0.25, 0.3) is 0 Å². The summed E-state index contributed by atoms with van der Waals surface area (Å²) in [5, 5.41) is 13.9. The molecule has 0 amide bonds. The third-order valence-corrected chi connectivity index (χ3v) is 5.99. The molecule has 3 rings (SSSR count). The van der Waals surface area contributed by atoms with Crippen molar-refractivity contribution in [3.8, 4) is 0 Å². The van der Waals surface area contributed by atoms with Gasteiger partial charge in [0.05, 0.1) is 5.69 Å². The SMILES string of the molecule is CN1N(c2ccc(Cl)cc2)C(O)=C(P(=O)(O)O)C1(C)c1ccccc1. The Hall–Kier alpha value is -1.82. The van der Waals surface area contributed by atoms with Crippen LogP contribution in [0.4, 0.5) is 5.69 Å². The van der Waals surface area contributed by atoms with E-state index in [0.717, 1.165) is 0 Å². The number of nitrogens with zero attached hydrogens (tertiary/aromatic N) is 2. The lowest BCUT2D eigenvalue weighted by Crippen LogP contribution is -2.46. The van der Waals surface area contributed by atoms with Crippen LogP contribution in [0.5, 0.6) is 0 Å². The standard InChI is InChI=1S/C17H18ClN2O4P/c1-17(12-6-4-3-5-7-12)15(25(22,23)24)16(21)20(19(17)2)14-10-8-13(18)9-11-14/h3-11,21H,1-2H3,(H2,22,23,24). The summed E-state index contributed by atoms with van der Waals surface area (Å²) < 4.78 is 12.2. The van der Waals surface area contributed by atoms with Crippen LogP contribution >= 0.6 is 19.2 Å². The third-order valence-electron chi connectivity index (χ3n) is 4.52. The Kier molecular flexibility index (Phi) is 4.43. The number of anilines is 1. The Morgan fingerprint density at radius 3 is 2.12 bits per heavy atom. The first-order valence-corrected chi connectivity index (χ1v) is 9.51. The zero-order valence-electron chi connectivity index (χ0n) is 13.7. The summed E-state index contributed by atoms with van der Waals surface area (Å²) in [5.41, 5.74) is -0.0295. The van der Waals surface area contributed by atoms with Crippen LogP contribution < -0.4 is 5.01 Å². The monoisotopic (exact) mass is 380 g/mol. The van der Waals surface area contributed by atoms with E-state index in [0.29, 0.717) is 16.3 Å². The average Bonchev–Trinajstić information content (AvgIpc) is 2.76. The van der Waals surface area contributed by atoms with E-state index in [9.17, 15) is 19.5 Å². The van der Waals surface area contributed by atoms with E-state index in [4.69, 9.17) is 11.6 Å². The molecule has 0 fully saturated rings. The van der Waals surface area contributed by atoms with Crippen molar-refractivity contribution < 1.29 is 19.5 Å². The summed E-state index contributed by atoms with van der Waals surface area (Å²) in [6.45, 7) is 1.67. The van der Waals surface area contributed by atoms with Gasteiger partial charge in [-0.15, -0.1) is 0 Å². The van der Waals surface area contributed by atoms with Crippen LogP contribution in [0.25, 0.3) is 0 Å². The molecule has 3 N–H and O–H groups in total.